The van der Waals surface area contributed by atoms with Gasteiger partial charge >= 0.3 is 0 Å². The summed E-state index contributed by atoms with van der Waals surface area (Å²) in [6, 6.07) is 8.74. The van der Waals surface area contributed by atoms with Crippen LogP contribution in [0.25, 0.3) is 0 Å². The fourth-order valence-electron chi connectivity index (χ4n) is 2.30. The highest BCUT2D eigenvalue weighted by Crippen LogP contribution is 2.18. The number of rotatable bonds is 3. The molecule has 0 spiro atoms. The highest BCUT2D eigenvalue weighted by atomic mass is 15.2. The van der Waals surface area contributed by atoms with Crippen molar-refractivity contribution in [3.05, 3.63) is 35.4 Å². The second-order valence-electron chi connectivity index (χ2n) is 6.00. The van der Waals surface area contributed by atoms with Crippen molar-refractivity contribution in [2.24, 2.45) is 5.73 Å². The lowest BCUT2D eigenvalue weighted by molar-refractivity contribution is 0.148. The molecule has 18 heavy (non-hydrogen) atoms. The van der Waals surface area contributed by atoms with Gasteiger partial charge in [-0.3, -0.25) is 4.90 Å². The Morgan fingerprint density at radius 2 is 1.61 bits per heavy atom. The van der Waals surface area contributed by atoms with Gasteiger partial charge in [-0.15, -0.1) is 0 Å². The Hall–Kier alpha value is -0.900. The van der Waals surface area contributed by atoms with Crippen LogP contribution in [0.5, 0.6) is 0 Å². The lowest BCUT2D eigenvalue weighted by atomic mass is 9.95. The summed E-state index contributed by atoms with van der Waals surface area (Å²) < 4.78 is 0. The molecule has 2 rings (SSSR count). The number of nitrogens with two attached hydrogens (primary N) is 1. The molecule has 0 bridgehead atoms. The lowest BCUT2D eigenvalue weighted by Gasteiger charge is -2.32. The molecule has 0 saturated carbocycles. The zero-order valence-electron chi connectivity index (χ0n) is 11.8. The van der Waals surface area contributed by atoms with Crippen molar-refractivity contribution in [2.75, 3.05) is 33.2 Å². The van der Waals surface area contributed by atoms with Gasteiger partial charge in [0.05, 0.1) is 0 Å². The molecule has 0 atom stereocenters. The maximum atomic E-state index is 6.09. The van der Waals surface area contributed by atoms with E-state index in [0.29, 0.717) is 0 Å². The SMILES string of the molecule is CN1CCN(Cc2ccc(C(C)(C)N)cc2)CC1. The van der Waals surface area contributed by atoms with Crippen molar-refractivity contribution in [1.82, 2.24) is 9.80 Å². The zero-order valence-corrected chi connectivity index (χ0v) is 11.8. The molecule has 0 aliphatic carbocycles. The van der Waals surface area contributed by atoms with Gasteiger partial charge in [-0.05, 0) is 32.0 Å². The molecule has 0 amide bonds. The molecule has 1 aromatic rings. The Morgan fingerprint density at radius 3 is 2.11 bits per heavy atom. The minimum Gasteiger partial charge on any atom is -0.322 e. The Bertz CT molecular complexity index is 370. The van der Waals surface area contributed by atoms with Gasteiger partial charge < -0.3 is 10.6 Å². The van der Waals surface area contributed by atoms with E-state index in [1.54, 1.807) is 0 Å². The van der Waals surface area contributed by atoms with Crippen LogP contribution in [0.4, 0.5) is 0 Å². The van der Waals surface area contributed by atoms with E-state index in [4.69, 9.17) is 5.73 Å². The van der Waals surface area contributed by atoms with Gasteiger partial charge in [0.25, 0.3) is 0 Å². The van der Waals surface area contributed by atoms with Crippen LogP contribution in [-0.4, -0.2) is 43.0 Å². The molecule has 3 nitrogen and oxygen atoms in total. The summed E-state index contributed by atoms with van der Waals surface area (Å²) >= 11 is 0. The van der Waals surface area contributed by atoms with Gasteiger partial charge in [-0.25, -0.2) is 0 Å². The van der Waals surface area contributed by atoms with Crippen LogP contribution in [0.1, 0.15) is 25.0 Å². The number of piperazine rings is 1. The van der Waals surface area contributed by atoms with Gasteiger partial charge in [-0.2, -0.15) is 0 Å². The number of hydrogen-bond acceptors (Lipinski definition) is 3. The Labute approximate surface area is 111 Å². The predicted molar refractivity (Wildman–Crippen MR) is 76.4 cm³/mol. The molecule has 1 heterocycles. The first kappa shape index (κ1) is 13.5. The number of nitrogens with zero attached hydrogens (tertiary/aromatic N) is 2. The van der Waals surface area contributed by atoms with Crippen molar-refractivity contribution in [1.29, 1.82) is 0 Å². The Kier molecular flexibility index (Phi) is 4.05. The first-order chi connectivity index (χ1) is 8.45. The smallest absolute Gasteiger partial charge is 0.0352 e. The quantitative estimate of drug-likeness (QED) is 0.881. The van der Waals surface area contributed by atoms with Crippen LogP contribution in [0.2, 0.25) is 0 Å². The number of likely N-dealkylation sites (N-methyl/N-ethyl adjacent to an activating group) is 1. The molecule has 0 radical (unpaired) electrons. The van der Waals surface area contributed by atoms with Crippen LogP contribution in [0.3, 0.4) is 0 Å². The van der Waals surface area contributed by atoms with Crippen LogP contribution >= 0.6 is 0 Å². The average molecular weight is 247 g/mol. The summed E-state index contributed by atoms with van der Waals surface area (Å²) in [6.45, 7) is 9.83. The van der Waals surface area contributed by atoms with Crippen molar-refractivity contribution in [2.45, 2.75) is 25.9 Å². The molecule has 100 valence electrons. The fraction of sp³-hybridized carbons (Fsp3) is 0.600. The van der Waals surface area contributed by atoms with E-state index >= 15 is 0 Å². The van der Waals surface area contributed by atoms with E-state index in [1.165, 1.54) is 37.3 Å². The fourth-order valence-corrected chi connectivity index (χ4v) is 2.30. The van der Waals surface area contributed by atoms with Crippen LogP contribution in [-0.2, 0) is 12.1 Å². The third-order valence-electron chi connectivity index (χ3n) is 3.70. The van der Waals surface area contributed by atoms with E-state index in [2.05, 4.69) is 41.1 Å². The third-order valence-corrected chi connectivity index (χ3v) is 3.70. The van der Waals surface area contributed by atoms with Gasteiger partial charge in [0, 0.05) is 38.3 Å². The minimum atomic E-state index is -0.244. The molecule has 3 heteroatoms. The van der Waals surface area contributed by atoms with Crippen molar-refractivity contribution < 1.29 is 0 Å². The summed E-state index contributed by atoms with van der Waals surface area (Å²) in [5, 5.41) is 0. The van der Waals surface area contributed by atoms with E-state index in [0.717, 1.165) is 6.54 Å². The zero-order chi connectivity index (χ0) is 13.2. The minimum absolute atomic E-state index is 0.244. The second-order valence-corrected chi connectivity index (χ2v) is 6.00. The highest BCUT2D eigenvalue weighted by molar-refractivity contribution is 5.27. The van der Waals surface area contributed by atoms with Gasteiger partial charge in [0.15, 0.2) is 0 Å². The van der Waals surface area contributed by atoms with Crippen molar-refractivity contribution in [3.63, 3.8) is 0 Å². The third kappa shape index (κ3) is 3.55. The van der Waals surface area contributed by atoms with Crippen molar-refractivity contribution >= 4 is 0 Å². The summed E-state index contributed by atoms with van der Waals surface area (Å²) in [5.74, 6) is 0. The Morgan fingerprint density at radius 1 is 1.06 bits per heavy atom. The summed E-state index contributed by atoms with van der Waals surface area (Å²) in [6.07, 6.45) is 0. The van der Waals surface area contributed by atoms with E-state index in [1.807, 2.05) is 13.8 Å². The molecule has 1 aliphatic heterocycles. The molecule has 1 saturated heterocycles. The Balaban J connectivity index is 1.94. The lowest BCUT2D eigenvalue weighted by Crippen LogP contribution is -2.43. The van der Waals surface area contributed by atoms with Crippen molar-refractivity contribution in [3.8, 4) is 0 Å². The van der Waals surface area contributed by atoms with E-state index in [-0.39, 0.29) is 5.54 Å². The maximum Gasteiger partial charge on any atom is 0.0352 e. The highest BCUT2D eigenvalue weighted by Gasteiger charge is 2.15. The average Bonchev–Trinajstić information content (AvgIpc) is 2.32. The van der Waals surface area contributed by atoms with Gasteiger partial charge in [-0.1, -0.05) is 24.3 Å². The van der Waals surface area contributed by atoms with Crippen LogP contribution < -0.4 is 5.73 Å². The predicted octanol–water partition coefficient (Wildman–Crippen LogP) is 1.63. The van der Waals surface area contributed by atoms with Crippen LogP contribution in [0.15, 0.2) is 24.3 Å². The molecule has 1 fully saturated rings. The first-order valence-corrected chi connectivity index (χ1v) is 6.74. The molecule has 1 aromatic carbocycles. The molecule has 1 aliphatic rings. The van der Waals surface area contributed by atoms with Gasteiger partial charge in [0.2, 0.25) is 0 Å². The largest absolute Gasteiger partial charge is 0.322 e. The maximum absolute atomic E-state index is 6.09. The molecule has 0 aromatic heterocycles. The molecule has 2 N–H and O–H groups in total. The summed E-state index contributed by atoms with van der Waals surface area (Å²) in [7, 11) is 2.19. The normalized spacial score (nSPS) is 19.1. The summed E-state index contributed by atoms with van der Waals surface area (Å²) in [5.41, 5.74) is 8.43. The summed E-state index contributed by atoms with van der Waals surface area (Å²) in [4.78, 5) is 4.90. The number of hydrogen-bond donors (Lipinski definition) is 1. The van der Waals surface area contributed by atoms with Crippen LogP contribution in [0, 0.1) is 0 Å². The standard InChI is InChI=1S/C15H25N3/c1-15(2,16)14-6-4-13(5-7-14)12-18-10-8-17(3)9-11-18/h4-7H,8-12,16H2,1-3H3. The molecular weight excluding hydrogens is 222 g/mol. The number of benzene rings is 1. The van der Waals surface area contributed by atoms with E-state index in [9.17, 15) is 0 Å². The van der Waals surface area contributed by atoms with Gasteiger partial charge in [0.1, 0.15) is 0 Å². The molecular formula is C15H25N3. The second kappa shape index (κ2) is 5.39. The monoisotopic (exact) mass is 247 g/mol. The topological polar surface area (TPSA) is 32.5 Å². The van der Waals surface area contributed by atoms with E-state index < -0.39 is 0 Å². The molecule has 0 unspecified atom stereocenters. The first-order valence-electron chi connectivity index (χ1n) is 6.74.